The van der Waals surface area contributed by atoms with Crippen molar-refractivity contribution in [3.63, 3.8) is 0 Å². The minimum Gasteiger partial charge on any atom is -0.508 e. The third-order valence-electron chi connectivity index (χ3n) is 2.38. The van der Waals surface area contributed by atoms with Crippen LogP contribution in [-0.4, -0.2) is 38.7 Å². The third-order valence-corrected chi connectivity index (χ3v) is 3.46. The number of phenolic OH excluding ortho intramolecular Hbond substituents is 1. The average Bonchev–Trinajstić information content (AvgIpc) is 2.72. The maximum Gasteiger partial charge on any atom is 0.305 e. The van der Waals surface area contributed by atoms with Crippen molar-refractivity contribution in [1.29, 1.82) is 0 Å². The molecule has 1 aliphatic heterocycles. The van der Waals surface area contributed by atoms with Crippen molar-refractivity contribution in [2.24, 2.45) is 10.2 Å². The van der Waals surface area contributed by atoms with Crippen LogP contribution in [0.2, 0.25) is 0 Å². The summed E-state index contributed by atoms with van der Waals surface area (Å²) < 4.78 is 0. The summed E-state index contributed by atoms with van der Waals surface area (Å²) in [5.74, 6) is -1.26. The molecule has 8 heteroatoms. The zero-order chi connectivity index (χ0) is 14.5. The largest absolute Gasteiger partial charge is 0.508 e. The first-order valence-corrected chi connectivity index (χ1v) is 6.52. The summed E-state index contributed by atoms with van der Waals surface area (Å²) in [7, 11) is 0. The highest BCUT2D eigenvalue weighted by atomic mass is 32.2. The van der Waals surface area contributed by atoms with Gasteiger partial charge in [-0.25, -0.2) is 0 Å². The molecule has 0 aromatic heterocycles. The number of aromatic hydroxyl groups is 1. The van der Waals surface area contributed by atoms with Gasteiger partial charge in [-0.1, -0.05) is 11.8 Å². The van der Waals surface area contributed by atoms with E-state index in [0.717, 1.165) is 17.3 Å². The second-order valence-electron chi connectivity index (χ2n) is 3.93. The van der Waals surface area contributed by atoms with Crippen LogP contribution >= 0.6 is 11.8 Å². The van der Waals surface area contributed by atoms with Crippen molar-refractivity contribution < 1.29 is 19.8 Å². The van der Waals surface area contributed by atoms with E-state index in [4.69, 9.17) is 10.2 Å². The molecule has 20 heavy (non-hydrogen) atoms. The first-order valence-electron chi connectivity index (χ1n) is 5.64. The zero-order valence-corrected chi connectivity index (χ0v) is 11.0. The molecule has 1 amide bonds. The Kier molecular flexibility index (Phi) is 4.36. The Hall–Kier alpha value is -2.35. The van der Waals surface area contributed by atoms with Gasteiger partial charge in [0.05, 0.1) is 12.6 Å². The highest BCUT2D eigenvalue weighted by molar-refractivity contribution is 8.15. The molecule has 1 aromatic rings. The molecular weight excluding hydrogens is 282 g/mol. The fourth-order valence-electron chi connectivity index (χ4n) is 1.45. The minimum absolute atomic E-state index is 0.156. The normalized spacial score (nSPS) is 20.5. The molecule has 7 nitrogen and oxygen atoms in total. The second kappa shape index (κ2) is 6.20. The van der Waals surface area contributed by atoms with Crippen molar-refractivity contribution in [3.8, 4) is 5.75 Å². The van der Waals surface area contributed by atoms with Gasteiger partial charge < -0.3 is 15.5 Å². The Balaban J connectivity index is 1.97. The molecule has 1 saturated heterocycles. The molecule has 1 aromatic carbocycles. The topological polar surface area (TPSA) is 111 Å². The van der Waals surface area contributed by atoms with Crippen LogP contribution in [0.1, 0.15) is 12.0 Å². The van der Waals surface area contributed by atoms with Gasteiger partial charge in [-0.2, -0.15) is 5.10 Å². The standard InChI is InChI=1S/C12H11N3O4S/c16-8-3-1-7(2-4-8)6-13-15-12-14-11(19)9(20-12)5-10(17)18/h1-4,6,9,16H,5H2,(H,17,18)(H,14,15,19)/b13-6+. The number of carboxylic acid groups (broad SMARTS) is 1. The number of amidine groups is 1. The van der Waals surface area contributed by atoms with E-state index in [9.17, 15) is 9.59 Å². The lowest BCUT2D eigenvalue weighted by molar-refractivity contribution is -0.138. The maximum atomic E-state index is 11.4. The molecule has 0 spiro atoms. The van der Waals surface area contributed by atoms with Crippen LogP contribution in [0.3, 0.4) is 0 Å². The van der Waals surface area contributed by atoms with Gasteiger partial charge in [-0.05, 0) is 29.8 Å². The van der Waals surface area contributed by atoms with Crippen molar-refractivity contribution in [3.05, 3.63) is 29.8 Å². The Bertz CT molecular complexity index is 583. The van der Waals surface area contributed by atoms with Gasteiger partial charge in [0.15, 0.2) is 5.17 Å². The van der Waals surface area contributed by atoms with Crippen LogP contribution in [0.15, 0.2) is 34.5 Å². The highest BCUT2D eigenvalue weighted by Gasteiger charge is 2.32. The summed E-state index contributed by atoms with van der Waals surface area (Å²) in [4.78, 5) is 22.0. The Morgan fingerprint density at radius 1 is 1.40 bits per heavy atom. The molecule has 2 rings (SSSR count). The van der Waals surface area contributed by atoms with Crippen LogP contribution in [0.5, 0.6) is 5.75 Å². The van der Waals surface area contributed by atoms with E-state index in [2.05, 4.69) is 15.5 Å². The highest BCUT2D eigenvalue weighted by Crippen LogP contribution is 2.22. The molecule has 1 heterocycles. The summed E-state index contributed by atoms with van der Waals surface area (Å²) in [5.41, 5.74) is 0.739. The average molecular weight is 293 g/mol. The monoisotopic (exact) mass is 293 g/mol. The first kappa shape index (κ1) is 14.1. The summed E-state index contributed by atoms with van der Waals surface area (Å²) in [6, 6.07) is 6.35. The molecule has 1 unspecified atom stereocenters. The molecule has 0 radical (unpaired) electrons. The third kappa shape index (κ3) is 3.82. The predicted molar refractivity (Wildman–Crippen MR) is 74.9 cm³/mol. The van der Waals surface area contributed by atoms with Gasteiger partial charge in [-0.3, -0.25) is 9.59 Å². The molecule has 0 saturated carbocycles. The fraction of sp³-hybridized carbons (Fsp3) is 0.167. The van der Waals surface area contributed by atoms with E-state index in [1.54, 1.807) is 12.1 Å². The predicted octanol–water partition coefficient (Wildman–Crippen LogP) is 0.788. The molecule has 1 fully saturated rings. The first-order chi connectivity index (χ1) is 9.54. The Morgan fingerprint density at radius 3 is 2.75 bits per heavy atom. The van der Waals surface area contributed by atoms with Gasteiger partial charge in [0.1, 0.15) is 11.0 Å². The summed E-state index contributed by atoms with van der Waals surface area (Å²) in [6.07, 6.45) is 1.21. The number of carbonyl (C=O) groups excluding carboxylic acids is 1. The van der Waals surface area contributed by atoms with Gasteiger partial charge >= 0.3 is 5.97 Å². The molecule has 1 atom stereocenters. The van der Waals surface area contributed by atoms with Crippen molar-refractivity contribution >= 4 is 35.0 Å². The van der Waals surface area contributed by atoms with Crippen LogP contribution < -0.4 is 5.32 Å². The minimum atomic E-state index is -1.04. The molecule has 3 N–H and O–H groups in total. The molecular formula is C12H11N3O4S. The van der Waals surface area contributed by atoms with E-state index in [0.29, 0.717) is 0 Å². The smallest absolute Gasteiger partial charge is 0.305 e. The van der Waals surface area contributed by atoms with Crippen molar-refractivity contribution in [2.45, 2.75) is 11.7 Å². The van der Waals surface area contributed by atoms with E-state index in [-0.39, 0.29) is 23.2 Å². The number of thioether (sulfide) groups is 1. The number of nitrogens with one attached hydrogen (secondary N) is 1. The molecule has 1 aliphatic rings. The Labute approximate surface area is 118 Å². The van der Waals surface area contributed by atoms with Gasteiger partial charge in [0.2, 0.25) is 5.91 Å². The van der Waals surface area contributed by atoms with Gasteiger partial charge in [-0.15, -0.1) is 5.10 Å². The number of nitrogens with zero attached hydrogens (tertiary/aromatic N) is 2. The summed E-state index contributed by atoms with van der Waals surface area (Å²) in [6.45, 7) is 0. The van der Waals surface area contributed by atoms with Gasteiger partial charge in [0.25, 0.3) is 0 Å². The number of benzene rings is 1. The SMILES string of the molecule is O=C(O)CC1S/C(=N/N=C/c2ccc(O)cc2)NC1=O. The summed E-state index contributed by atoms with van der Waals surface area (Å²) >= 11 is 1.04. The lowest BCUT2D eigenvalue weighted by Crippen LogP contribution is -2.26. The lowest BCUT2D eigenvalue weighted by Gasteiger charge is -1.97. The van der Waals surface area contributed by atoms with Crippen LogP contribution in [0, 0.1) is 0 Å². The number of hydrogen-bond acceptors (Lipinski definition) is 6. The molecule has 0 bridgehead atoms. The van der Waals surface area contributed by atoms with E-state index in [1.807, 2.05) is 0 Å². The second-order valence-corrected chi connectivity index (χ2v) is 5.13. The summed E-state index contributed by atoms with van der Waals surface area (Å²) in [5, 5.41) is 27.4. The van der Waals surface area contributed by atoms with Crippen LogP contribution in [-0.2, 0) is 9.59 Å². The number of hydrogen-bond donors (Lipinski definition) is 3. The lowest BCUT2D eigenvalue weighted by atomic mass is 10.2. The van der Waals surface area contributed by atoms with Crippen molar-refractivity contribution in [1.82, 2.24) is 5.32 Å². The Morgan fingerprint density at radius 2 is 2.10 bits per heavy atom. The zero-order valence-electron chi connectivity index (χ0n) is 10.2. The maximum absolute atomic E-state index is 11.4. The van der Waals surface area contributed by atoms with Gasteiger partial charge in [0, 0.05) is 0 Å². The number of phenols is 1. The molecule has 0 aliphatic carbocycles. The number of aliphatic carboxylic acids is 1. The van der Waals surface area contributed by atoms with Crippen molar-refractivity contribution in [2.75, 3.05) is 0 Å². The fourth-order valence-corrected chi connectivity index (χ4v) is 2.37. The van der Waals surface area contributed by atoms with E-state index < -0.39 is 11.2 Å². The van der Waals surface area contributed by atoms with E-state index in [1.165, 1.54) is 18.3 Å². The van der Waals surface area contributed by atoms with E-state index >= 15 is 0 Å². The van der Waals surface area contributed by atoms with Crippen LogP contribution in [0.25, 0.3) is 0 Å². The quantitative estimate of drug-likeness (QED) is 0.561. The molecule has 104 valence electrons. The number of carbonyl (C=O) groups is 2. The number of amides is 1. The number of rotatable bonds is 4. The number of carboxylic acids is 1. The van der Waals surface area contributed by atoms with Crippen LogP contribution in [0.4, 0.5) is 0 Å².